The number of aromatic nitrogens is 3. The Morgan fingerprint density at radius 2 is 2.11 bits per heavy atom. The van der Waals surface area contributed by atoms with Crippen molar-refractivity contribution in [1.29, 1.82) is 0 Å². The lowest BCUT2D eigenvalue weighted by Crippen LogP contribution is -2.20. The molecule has 1 heterocycles. The van der Waals surface area contributed by atoms with E-state index in [0.717, 1.165) is 25.2 Å². The molecule has 0 saturated carbocycles. The zero-order valence-corrected chi connectivity index (χ0v) is 9.91. The van der Waals surface area contributed by atoms with Gasteiger partial charge in [0.05, 0.1) is 12.7 Å². The Bertz CT molecular complexity index is 492. The molecule has 94 valence electrons. The van der Waals surface area contributed by atoms with E-state index in [4.69, 9.17) is 5.73 Å². The van der Waals surface area contributed by atoms with Crippen molar-refractivity contribution in [2.75, 3.05) is 6.54 Å². The molecule has 1 amide bonds. The van der Waals surface area contributed by atoms with E-state index < -0.39 is 5.91 Å². The van der Waals surface area contributed by atoms with Crippen molar-refractivity contribution in [2.24, 2.45) is 5.73 Å². The molecule has 0 fully saturated rings. The second-order valence-electron chi connectivity index (χ2n) is 3.90. The summed E-state index contributed by atoms with van der Waals surface area (Å²) in [6, 6.07) is 7.25. The Morgan fingerprint density at radius 3 is 2.72 bits per heavy atom. The standard InChI is InChI=1S/C12H15N5O/c13-12(18)11-3-1-10(2-4-11)9-14-5-7-17-8-6-15-16-17/h1-4,6,8,14H,5,7,9H2,(H2,13,18). The van der Waals surface area contributed by atoms with Crippen LogP contribution in [0.3, 0.4) is 0 Å². The third-order valence-electron chi connectivity index (χ3n) is 2.56. The van der Waals surface area contributed by atoms with Gasteiger partial charge in [0, 0.05) is 24.8 Å². The molecule has 0 radical (unpaired) electrons. The van der Waals surface area contributed by atoms with Crippen molar-refractivity contribution in [3.8, 4) is 0 Å². The Morgan fingerprint density at radius 1 is 1.33 bits per heavy atom. The minimum Gasteiger partial charge on any atom is -0.366 e. The highest BCUT2D eigenvalue weighted by Crippen LogP contribution is 2.03. The second-order valence-corrected chi connectivity index (χ2v) is 3.90. The fourth-order valence-electron chi connectivity index (χ4n) is 1.57. The van der Waals surface area contributed by atoms with Gasteiger partial charge in [-0.05, 0) is 17.7 Å². The zero-order valence-electron chi connectivity index (χ0n) is 9.91. The second kappa shape index (κ2) is 5.92. The zero-order chi connectivity index (χ0) is 12.8. The third-order valence-corrected chi connectivity index (χ3v) is 2.56. The number of nitrogens with one attached hydrogen (secondary N) is 1. The number of nitrogens with zero attached hydrogens (tertiary/aromatic N) is 3. The Kier molecular flexibility index (Phi) is 4.03. The van der Waals surface area contributed by atoms with Gasteiger partial charge in [-0.3, -0.25) is 9.48 Å². The molecule has 0 aliphatic rings. The lowest BCUT2D eigenvalue weighted by Gasteiger charge is -2.05. The number of hydrogen-bond donors (Lipinski definition) is 2. The van der Waals surface area contributed by atoms with Crippen molar-refractivity contribution in [2.45, 2.75) is 13.1 Å². The molecule has 2 aromatic rings. The maximum atomic E-state index is 10.9. The maximum Gasteiger partial charge on any atom is 0.248 e. The SMILES string of the molecule is NC(=O)c1ccc(CNCCn2ccnn2)cc1. The van der Waals surface area contributed by atoms with Gasteiger partial charge < -0.3 is 11.1 Å². The van der Waals surface area contributed by atoms with E-state index in [2.05, 4.69) is 15.6 Å². The summed E-state index contributed by atoms with van der Waals surface area (Å²) >= 11 is 0. The molecule has 6 heteroatoms. The third kappa shape index (κ3) is 3.39. The van der Waals surface area contributed by atoms with Gasteiger partial charge in [0.15, 0.2) is 0 Å². The van der Waals surface area contributed by atoms with E-state index in [1.54, 1.807) is 23.0 Å². The molecule has 18 heavy (non-hydrogen) atoms. The van der Waals surface area contributed by atoms with Gasteiger partial charge in [-0.1, -0.05) is 17.3 Å². The van der Waals surface area contributed by atoms with Gasteiger partial charge >= 0.3 is 0 Å². The minimum absolute atomic E-state index is 0.402. The Hall–Kier alpha value is -2.21. The van der Waals surface area contributed by atoms with Crippen LogP contribution in [-0.4, -0.2) is 27.4 Å². The largest absolute Gasteiger partial charge is 0.366 e. The lowest BCUT2D eigenvalue weighted by molar-refractivity contribution is 0.100. The smallest absolute Gasteiger partial charge is 0.248 e. The molecule has 1 aromatic carbocycles. The fraction of sp³-hybridized carbons (Fsp3) is 0.250. The van der Waals surface area contributed by atoms with Gasteiger partial charge in [0.2, 0.25) is 5.91 Å². The van der Waals surface area contributed by atoms with Crippen LogP contribution < -0.4 is 11.1 Å². The summed E-state index contributed by atoms with van der Waals surface area (Å²) in [5, 5.41) is 10.9. The van der Waals surface area contributed by atoms with Gasteiger partial charge in [0.1, 0.15) is 0 Å². The molecule has 3 N–H and O–H groups in total. The topological polar surface area (TPSA) is 85.8 Å². The molecule has 6 nitrogen and oxygen atoms in total. The number of primary amides is 1. The van der Waals surface area contributed by atoms with E-state index in [1.807, 2.05) is 18.3 Å². The van der Waals surface area contributed by atoms with E-state index >= 15 is 0 Å². The van der Waals surface area contributed by atoms with Gasteiger partial charge in [-0.15, -0.1) is 5.10 Å². The highest BCUT2D eigenvalue weighted by Gasteiger charge is 1.99. The van der Waals surface area contributed by atoms with Gasteiger partial charge in [-0.25, -0.2) is 0 Å². The molecular weight excluding hydrogens is 230 g/mol. The maximum absolute atomic E-state index is 10.9. The monoisotopic (exact) mass is 245 g/mol. The number of nitrogens with two attached hydrogens (primary N) is 1. The Balaban J connectivity index is 1.75. The molecule has 2 rings (SSSR count). The first-order valence-corrected chi connectivity index (χ1v) is 5.69. The average Bonchev–Trinajstić information content (AvgIpc) is 2.88. The predicted molar refractivity (Wildman–Crippen MR) is 66.7 cm³/mol. The molecule has 0 atom stereocenters. The fourth-order valence-corrected chi connectivity index (χ4v) is 1.57. The van der Waals surface area contributed by atoms with E-state index in [0.29, 0.717) is 5.56 Å². The summed E-state index contributed by atoms with van der Waals surface area (Å²) in [6.07, 6.45) is 3.48. The summed E-state index contributed by atoms with van der Waals surface area (Å²) in [5.41, 5.74) is 6.81. The van der Waals surface area contributed by atoms with Crippen molar-refractivity contribution in [1.82, 2.24) is 20.3 Å². The van der Waals surface area contributed by atoms with Crippen LogP contribution in [0, 0.1) is 0 Å². The van der Waals surface area contributed by atoms with E-state index in [1.165, 1.54) is 0 Å². The molecule has 0 spiro atoms. The summed E-state index contributed by atoms with van der Waals surface area (Å²) in [4.78, 5) is 10.9. The number of carbonyl (C=O) groups is 1. The van der Waals surface area contributed by atoms with Crippen LogP contribution in [0.25, 0.3) is 0 Å². The minimum atomic E-state index is -0.402. The van der Waals surface area contributed by atoms with Crippen LogP contribution >= 0.6 is 0 Å². The van der Waals surface area contributed by atoms with Crippen molar-refractivity contribution >= 4 is 5.91 Å². The number of rotatable bonds is 6. The normalized spacial score (nSPS) is 10.4. The van der Waals surface area contributed by atoms with Gasteiger partial charge in [-0.2, -0.15) is 0 Å². The predicted octanol–water partition coefficient (Wildman–Crippen LogP) is 0.167. The van der Waals surface area contributed by atoms with E-state index in [9.17, 15) is 4.79 Å². The molecule has 0 aliphatic heterocycles. The lowest BCUT2D eigenvalue weighted by atomic mass is 10.1. The molecule has 0 bridgehead atoms. The van der Waals surface area contributed by atoms with Crippen molar-refractivity contribution in [3.05, 3.63) is 47.8 Å². The van der Waals surface area contributed by atoms with Crippen LogP contribution in [0.1, 0.15) is 15.9 Å². The summed E-state index contributed by atoms with van der Waals surface area (Å²) in [7, 11) is 0. The molecule has 0 aliphatic carbocycles. The van der Waals surface area contributed by atoms with Crippen molar-refractivity contribution in [3.63, 3.8) is 0 Å². The highest BCUT2D eigenvalue weighted by atomic mass is 16.1. The van der Waals surface area contributed by atoms with E-state index in [-0.39, 0.29) is 0 Å². The summed E-state index contributed by atoms with van der Waals surface area (Å²) < 4.78 is 1.77. The average molecular weight is 245 g/mol. The first-order chi connectivity index (χ1) is 8.75. The number of carbonyl (C=O) groups excluding carboxylic acids is 1. The van der Waals surface area contributed by atoms with Crippen LogP contribution in [0.4, 0.5) is 0 Å². The number of hydrogen-bond acceptors (Lipinski definition) is 4. The molecular formula is C12H15N5O. The summed E-state index contributed by atoms with van der Waals surface area (Å²) in [5.74, 6) is -0.402. The van der Waals surface area contributed by atoms with Crippen LogP contribution in [-0.2, 0) is 13.1 Å². The molecule has 1 aromatic heterocycles. The Labute approximate surface area is 105 Å². The van der Waals surface area contributed by atoms with Crippen LogP contribution in [0.2, 0.25) is 0 Å². The first-order valence-electron chi connectivity index (χ1n) is 5.69. The molecule has 0 saturated heterocycles. The van der Waals surface area contributed by atoms with Crippen LogP contribution in [0.5, 0.6) is 0 Å². The first kappa shape index (κ1) is 12.3. The molecule has 0 unspecified atom stereocenters. The quantitative estimate of drug-likeness (QED) is 0.710. The number of amides is 1. The van der Waals surface area contributed by atoms with Crippen LogP contribution in [0.15, 0.2) is 36.7 Å². The summed E-state index contributed by atoms with van der Waals surface area (Å²) in [6.45, 7) is 2.33. The van der Waals surface area contributed by atoms with Crippen molar-refractivity contribution < 1.29 is 4.79 Å². The number of benzene rings is 1. The highest BCUT2D eigenvalue weighted by molar-refractivity contribution is 5.92. The van der Waals surface area contributed by atoms with Gasteiger partial charge in [0.25, 0.3) is 0 Å².